The van der Waals surface area contributed by atoms with Crippen LogP contribution in [-0.2, 0) is 9.53 Å². The summed E-state index contributed by atoms with van der Waals surface area (Å²) in [5.41, 5.74) is 2.07. The molecule has 138 valence electrons. The van der Waals surface area contributed by atoms with Gasteiger partial charge < -0.3 is 9.72 Å². The largest absolute Gasteiger partial charge is 0.453 e. The molecule has 1 heterocycles. The highest BCUT2D eigenvalue weighted by molar-refractivity contribution is 8.00. The molecule has 0 bridgehead atoms. The maximum absolute atomic E-state index is 12.6. The smallest absolute Gasteiger partial charge is 0.319 e. The molecule has 0 saturated heterocycles. The van der Waals surface area contributed by atoms with Gasteiger partial charge in [-0.2, -0.15) is 0 Å². The number of hydrogen-bond acceptors (Lipinski definition) is 5. The molecule has 0 aliphatic rings. The van der Waals surface area contributed by atoms with Gasteiger partial charge in [-0.05, 0) is 52.3 Å². The molecule has 0 fully saturated rings. The third-order valence-electron chi connectivity index (χ3n) is 4.09. The lowest BCUT2D eigenvalue weighted by Crippen LogP contribution is -2.29. The van der Waals surface area contributed by atoms with Crippen LogP contribution in [0.5, 0.6) is 0 Å². The minimum absolute atomic E-state index is 0.104. The van der Waals surface area contributed by atoms with Crippen LogP contribution in [0.4, 0.5) is 0 Å². The van der Waals surface area contributed by atoms with Crippen molar-refractivity contribution in [2.24, 2.45) is 0 Å². The summed E-state index contributed by atoms with van der Waals surface area (Å²) in [6.07, 6.45) is -0.933. The number of H-pyrrole nitrogens is 1. The summed E-state index contributed by atoms with van der Waals surface area (Å²) >= 11 is 1.38. The maximum Gasteiger partial charge on any atom is 0.319 e. The highest BCUT2D eigenvalue weighted by Crippen LogP contribution is 2.25. The average Bonchev–Trinajstić information content (AvgIpc) is 2.89. The van der Waals surface area contributed by atoms with Crippen molar-refractivity contribution < 1.29 is 19.1 Å². The number of aryl methyl sites for hydroxylation is 1. The van der Waals surface area contributed by atoms with Crippen LogP contribution in [0.25, 0.3) is 0 Å². The van der Waals surface area contributed by atoms with E-state index < -0.39 is 17.3 Å². The lowest BCUT2D eigenvalue weighted by molar-refractivity contribution is -0.145. The number of esters is 1. The predicted molar refractivity (Wildman–Crippen MR) is 102 cm³/mol. The molecule has 2 atom stereocenters. The van der Waals surface area contributed by atoms with Crippen LogP contribution in [0, 0.1) is 13.8 Å². The Morgan fingerprint density at radius 2 is 1.69 bits per heavy atom. The van der Waals surface area contributed by atoms with Gasteiger partial charge in [0.1, 0.15) is 5.25 Å². The summed E-state index contributed by atoms with van der Waals surface area (Å²) in [6, 6.07) is 9.53. The van der Waals surface area contributed by atoms with E-state index in [9.17, 15) is 14.4 Å². The first-order valence-electron chi connectivity index (χ1n) is 8.38. The number of thioether (sulfide) groups is 1. The molecule has 0 amide bonds. The van der Waals surface area contributed by atoms with Crippen LogP contribution in [0.1, 0.15) is 52.9 Å². The molecule has 0 saturated carbocycles. The van der Waals surface area contributed by atoms with Gasteiger partial charge in [-0.1, -0.05) is 18.2 Å². The fraction of sp³-hybridized carbons (Fsp3) is 0.350. The molecule has 0 aliphatic carbocycles. The Balaban J connectivity index is 2.06. The van der Waals surface area contributed by atoms with E-state index >= 15 is 0 Å². The molecule has 0 aliphatic heterocycles. The molecular formula is C20H23NO4S. The zero-order valence-corrected chi connectivity index (χ0v) is 16.4. The van der Waals surface area contributed by atoms with E-state index in [1.54, 1.807) is 27.7 Å². The van der Waals surface area contributed by atoms with Crippen LogP contribution >= 0.6 is 11.8 Å². The van der Waals surface area contributed by atoms with Gasteiger partial charge in [0.25, 0.3) is 0 Å². The zero-order chi connectivity index (χ0) is 19.4. The lowest BCUT2D eigenvalue weighted by Gasteiger charge is -2.16. The second kappa shape index (κ2) is 8.36. The number of carbonyl (C=O) groups excluding carboxylic acids is 3. The van der Waals surface area contributed by atoms with Crippen molar-refractivity contribution in [2.45, 2.75) is 50.9 Å². The van der Waals surface area contributed by atoms with Gasteiger partial charge in [-0.15, -0.1) is 11.8 Å². The van der Waals surface area contributed by atoms with Crippen LogP contribution in [-0.4, -0.2) is 33.9 Å². The zero-order valence-electron chi connectivity index (χ0n) is 15.6. The van der Waals surface area contributed by atoms with Crippen LogP contribution < -0.4 is 0 Å². The van der Waals surface area contributed by atoms with E-state index in [2.05, 4.69) is 4.98 Å². The summed E-state index contributed by atoms with van der Waals surface area (Å²) in [5.74, 6) is -0.899. The number of carbonyl (C=O) groups is 3. The number of ketones is 2. The van der Waals surface area contributed by atoms with Crippen LogP contribution in [0.3, 0.4) is 0 Å². The van der Waals surface area contributed by atoms with E-state index in [-0.39, 0.29) is 11.6 Å². The minimum atomic E-state index is -0.933. The number of benzene rings is 1. The number of aromatic amines is 1. The summed E-state index contributed by atoms with van der Waals surface area (Å²) in [4.78, 5) is 40.6. The molecule has 0 radical (unpaired) electrons. The fourth-order valence-electron chi connectivity index (χ4n) is 2.80. The molecule has 0 spiro atoms. The molecule has 6 heteroatoms. The van der Waals surface area contributed by atoms with Crippen molar-refractivity contribution in [2.75, 3.05) is 0 Å². The number of aromatic nitrogens is 1. The van der Waals surface area contributed by atoms with E-state index in [0.717, 1.165) is 4.90 Å². The van der Waals surface area contributed by atoms with Gasteiger partial charge in [0, 0.05) is 16.2 Å². The van der Waals surface area contributed by atoms with Gasteiger partial charge in [-0.3, -0.25) is 14.4 Å². The van der Waals surface area contributed by atoms with Crippen molar-refractivity contribution >= 4 is 29.3 Å². The molecule has 1 aromatic carbocycles. The minimum Gasteiger partial charge on any atom is -0.453 e. The van der Waals surface area contributed by atoms with E-state index in [1.807, 2.05) is 30.3 Å². The third kappa shape index (κ3) is 4.43. The van der Waals surface area contributed by atoms with Crippen molar-refractivity contribution in [1.29, 1.82) is 0 Å². The Labute approximate surface area is 157 Å². The van der Waals surface area contributed by atoms with E-state index in [4.69, 9.17) is 4.74 Å². The highest BCUT2D eigenvalue weighted by atomic mass is 32.2. The molecule has 1 N–H and O–H groups in total. The quantitative estimate of drug-likeness (QED) is 0.449. The first kappa shape index (κ1) is 20.0. The first-order chi connectivity index (χ1) is 12.2. The standard InChI is InChI=1S/C20H23NO4S/c1-11-17(13(3)22)12(2)21-18(11)19(23)14(4)25-20(24)15(5)26-16-9-7-6-8-10-16/h6-10,14-15,21H,1-5H3/t14-,15+/m0/s1. The lowest BCUT2D eigenvalue weighted by atomic mass is 10.0. The normalized spacial score (nSPS) is 13.1. The van der Waals surface area contributed by atoms with E-state index in [0.29, 0.717) is 22.5 Å². The van der Waals surface area contributed by atoms with Crippen molar-refractivity contribution in [1.82, 2.24) is 4.98 Å². The van der Waals surface area contributed by atoms with Crippen molar-refractivity contribution in [3.8, 4) is 0 Å². The number of Topliss-reactive ketones (excluding diaryl/α,β-unsaturated/α-hetero) is 2. The highest BCUT2D eigenvalue weighted by Gasteiger charge is 2.27. The average molecular weight is 373 g/mol. The van der Waals surface area contributed by atoms with Crippen molar-refractivity contribution in [3.63, 3.8) is 0 Å². The third-order valence-corrected chi connectivity index (χ3v) is 5.18. The second-order valence-electron chi connectivity index (χ2n) is 6.20. The number of rotatable bonds is 7. The Morgan fingerprint density at radius 1 is 1.08 bits per heavy atom. The second-order valence-corrected chi connectivity index (χ2v) is 7.61. The van der Waals surface area contributed by atoms with Gasteiger partial charge in [0.2, 0.25) is 5.78 Å². The summed E-state index contributed by atoms with van der Waals surface area (Å²) in [7, 11) is 0. The molecule has 1 aromatic heterocycles. The molecule has 2 rings (SSSR count). The monoisotopic (exact) mass is 373 g/mol. The van der Waals surface area contributed by atoms with Gasteiger partial charge in [0.05, 0.1) is 5.69 Å². The maximum atomic E-state index is 12.6. The van der Waals surface area contributed by atoms with Crippen LogP contribution in [0.2, 0.25) is 0 Å². The van der Waals surface area contributed by atoms with Gasteiger partial charge >= 0.3 is 5.97 Å². The number of nitrogens with one attached hydrogen (secondary N) is 1. The Kier molecular flexibility index (Phi) is 6.42. The number of ether oxygens (including phenoxy) is 1. The molecular weight excluding hydrogens is 350 g/mol. The first-order valence-corrected chi connectivity index (χ1v) is 9.26. The predicted octanol–water partition coefficient (Wildman–Crippen LogP) is 4.13. The summed E-state index contributed by atoms with van der Waals surface area (Å²) in [5, 5.41) is -0.438. The van der Waals surface area contributed by atoms with E-state index in [1.165, 1.54) is 18.7 Å². The topological polar surface area (TPSA) is 76.2 Å². The number of hydrogen-bond donors (Lipinski definition) is 1. The Bertz CT molecular complexity index is 826. The van der Waals surface area contributed by atoms with Gasteiger partial charge in [-0.25, -0.2) is 0 Å². The van der Waals surface area contributed by atoms with Crippen molar-refractivity contribution in [3.05, 3.63) is 52.8 Å². The molecule has 0 unspecified atom stereocenters. The SMILES string of the molecule is CC(=O)c1c(C)[nH]c(C(=O)[C@H](C)OC(=O)[C@@H](C)Sc2ccccc2)c1C. The molecule has 2 aromatic rings. The summed E-state index contributed by atoms with van der Waals surface area (Å²) in [6.45, 7) is 8.22. The van der Waals surface area contributed by atoms with Gasteiger partial charge in [0.15, 0.2) is 11.9 Å². The Hall–Kier alpha value is -2.34. The summed E-state index contributed by atoms with van der Waals surface area (Å²) < 4.78 is 5.35. The Morgan fingerprint density at radius 3 is 2.23 bits per heavy atom. The fourth-order valence-corrected chi connectivity index (χ4v) is 3.68. The molecule has 5 nitrogen and oxygen atoms in total. The molecule has 26 heavy (non-hydrogen) atoms. The van der Waals surface area contributed by atoms with Crippen LogP contribution in [0.15, 0.2) is 35.2 Å².